The van der Waals surface area contributed by atoms with E-state index in [9.17, 15) is 9.59 Å². The Bertz CT molecular complexity index is 884. The quantitative estimate of drug-likeness (QED) is 0.572. The van der Waals surface area contributed by atoms with Crippen LogP contribution in [0, 0.1) is 5.92 Å². The van der Waals surface area contributed by atoms with Gasteiger partial charge < -0.3 is 9.64 Å². The van der Waals surface area contributed by atoms with Gasteiger partial charge in [-0.2, -0.15) is 0 Å². The van der Waals surface area contributed by atoms with Gasteiger partial charge in [0.2, 0.25) is 5.91 Å². The Kier molecular flexibility index (Phi) is 6.63. The van der Waals surface area contributed by atoms with E-state index in [-0.39, 0.29) is 24.9 Å². The minimum atomic E-state index is -0.483. The minimum Gasteiger partial charge on any atom is -0.460 e. The first-order valence-electron chi connectivity index (χ1n) is 9.40. The van der Waals surface area contributed by atoms with E-state index in [1.165, 1.54) is 0 Å². The van der Waals surface area contributed by atoms with Crippen molar-refractivity contribution in [1.29, 1.82) is 0 Å². The monoisotopic (exact) mass is 419 g/mol. The molecule has 4 nitrogen and oxygen atoms in total. The van der Waals surface area contributed by atoms with Gasteiger partial charge in [0.05, 0.1) is 5.92 Å². The molecule has 1 aliphatic heterocycles. The maximum atomic E-state index is 12.6. The van der Waals surface area contributed by atoms with Crippen molar-refractivity contribution >= 4 is 40.8 Å². The average molecular weight is 420 g/mol. The first-order chi connectivity index (χ1) is 13.4. The van der Waals surface area contributed by atoms with Crippen LogP contribution in [-0.4, -0.2) is 18.4 Å². The first kappa shape index (κ1) is 20.7. The van der Waals surface area contributed by atoms with Crippen LogP contribution in [0.5, 0.6) is 0 Å². The SMILES string of the molecule is CC[C@H](C)c1ccccc1N1C[C@@H](C(=O)OCc2ccc(Cl)cc2Cl)CC1=O. The number of halogens is 2. The first-order valence-corrected chi connectivity index (χ1v) is 10.2. The second kappa shape index (κ2) is 8.97. The number of carbonyl (C=O) groups excluding carboxylic acids is 2. The van der Waals surface area contributed by atoms with Crippen molar-refractivity contribution in [3.8, 4) is 0 Å². The maximum absolute atomic E-state index is 12.6. The molecular weight excluding hydrogens is 397 g/mol. The molecule has 1 heterocycles. The molecule has 0 aromatic heterocycles. The summed E-state index contributed by atoms with van der Waals surface area (Å²) >= 11 is 12.0. The molecule has 0 N–H and O–H groups in total. The highest BCUT2D eigenvalue weighted by atomic mass is 35.5. The third-order valence-electron chi connectivity index (χ3n) is 5.21. The van der Waals surface area contributed by atoms with E-state index >= 15 is 0 Å². The van der Waals surface area contributed by atoms with Crippen LogP contribution in [0.3, 0.4) is 0 Å². The van der Waals surface area contributed by atoms with Crippen LogP contribution in [0.1, 0.15) is 43.7 Å². The molecule has 0 spiro atoms. The van der Waals surface area contributed by atoms with E-state index in [1.54, 1.807) is 23.1 Å². The predicted octanol–water partition coefficient (Wildman–Crippen LogP) is 5.60. The van der Waals surface area contributed by atoms with E-state index in [1.807, 2.05) is 24.3 Å². The molecule has 0 radical (unpaired) electrons. The number of hydrogen-bond acceptors (Lipinski definition) is 3. The zero-order valence-electron chi connectivity index (χ0n) is 16.0. The van der Waals surface area contributed by atoms with Crippen LogP contribution in [0.15, 0.2) is 42.5 Å². The lowest BCUT2D eigenvalue weighted by Gasteiger charge is -2.23. The number of ether oxygens (including phenoxy) is 1. The van der Waals surface area contributed by atoms with Gasteiger partial charge in [-0.15, -0.1) is 0 Å². The van der Waals surface area contributed by atoms with Gasteiger partial charge in [0.1, 0.15) is 6.61 Å². The molecule has 28 heavy (non-hydrogen) atoms. The maximum Gasteiger partial charge on any atom is 0.311 e. The highest BCUT2D eigenvalue weighted by Gasteiger charge is 2.37. The summed E-state index contributed by atoms with van der Waals surface area (Å²) in [4.78, 5) is 26.8. The third kappa shape index (κ3) is 4.50. The fraction of sp³-hybridized carbons (Fsp3) is 0.364. The molecule has 0 aliphatic carbocycles. The number of carbonyl (C=O) groups is 2. The van der Waals surface area contributed by atoms with Gasteiger partial charge in [0.25, 0.3) is 0 Å². The molecule has 0 bridgehead atoms. The Morgan fingerprint density at radius 2 is 2.00 bits per heavy atom. The van der Waals surface area contributed by atoms with Crippen molar-refractivity contribution in [2.45, 2.75) is 39.2 Å². The van der Waals surface area contributed by atoms with Crippen molar-refractivity contribution in [3.63, 3.8) is 0 Å². The molecule has 0 unspecified atom stereocenters. The normalized spacial score (nSPS) is 17.6. The van der Waals surface area contributed by atoms with E-state index in [0.29, 0.717) is 28.1 Å². The molecule has 1 fully saturated rings. The standard InChI is InChI=1S/C22H23Cl2NO3/c1-3-14(2)18-6-4-5-7-20(18)25-12-16(10-21(25)26)22(27)28-13-15-8-9-17(23)11-19(15)24/h4-9,11,14,16H,3,10,12-13H2,1-2H3/t14-,16-/m0/s1. The molecule has 3 rings (SSSR count). The second-order valence-corrected chi connectivity index (χ2v) is 7.96. The van der Waals surface area contributed by atoms with Gasteiger partial charge in [-0.05, 0) is 36.1 Å². The van der Waals surface area contributed by atoms with Gasteiger partial charge in [-0.25, -0.2) is 0 Å². The second-order valence-electron chi connectivity index (χ2n) is 7.12. The smallest absolute Gasteiger partial charge is 0.311 e. The zero-order valence-corrected chi connectivity index (χ0v) is 17.5. The predicted molar refractivity (Wildman–Crippen MR) is 112 cm³/mol. The van der Waals surface area contributed by atoms with Gasteiger partial charge in [-0.1, -0.05) is 61.3 Å². The van der Waals surface area contributed by atoms with Gasteiger partial charge >= 0.3 is 5.97 Å². The summed E-state index contributed by atoms with van der Waals surface area (Å²) in [6.07, 6.45) is 1.13. The topological polar surface area (TPSA) is 46.6 Å². The summed E-state index contributed by atoms with van der Waals surface area (Å²) in [6.45, 7) is 4.65. The van der Waals surface area contributed by atoms with Crippen molar-refractivity contribution in [2.24, 2.45) is 5.92 Å². The lowest BCUT2D eigenvalue weighted by Crippen LogP contribution is -2.27. The van der Waals surface area contributed by atoms with E-state index < -0.39 is 5.92 Å². The third-order valence-corrected chi connectivity index (χ3v) is 5.80. The Morgan fingerprint density at radius 1 is 1.25 bits per heavy atom. The lowest BCUT2D eigenvalue weighted by molar-refractivity contribution is -0.149. The average Bonchev–Trinajstić information content (AvgIpc) is 3.08. The summed E-state index contributed by atoms with van der Waals surface area (Å²) in [5, 5.41) is 0.976. The van der Waals surface area contributed by atoms with Crippen LogP contribution in [0.2, 0.25) is 10.0 Å². The minimum absolute atomic E-state index is 0.0535. The molecular formula is C22H23Cl2NO3. The Morgan fingerprint density at radius 3 is 2.71 bits per heavy atom. The highest BCUT2D eigenvalue weighted by molar-refractivity contribution is 6.35. The van der Waals surface area contributed by atoms with Crippen molar-refractivity contribution < 1.29 is 14.3 Å². The lowest BCUT2D eigenvalue weighted by atomic mass is 9.96. The largest absolute Gasteiger partial charge is 0.460 e. The Labute approximate surface area is 175 Å². The number of hydrogen-bond donors (Lipinski definition) is 0. The zero-order chi connectivity index (χ0) is 20.3. The van der Waals surface area contributed by atoms with E-state index in [0.717, 1.165) is 17.7 Å². The highest BCUT2D eigenvalue weighted by Crippen LogP contribution is 2.34. The molecule has 1 amide bonds. The summed E-state index contributed by atoms with van der Waals surface area (Å²) in [5.41, 5.74) is 2.70. The van der Waals surface area contributed by atoms with E-state index in [2.05, 4.69) is 13.8 Å². The number of rotatable bonds is 6. The van der Waals surface area contributed by atoms with Gasteiger partial charge in [0, 0.05) is 34.3 Å². The fourth-order valence-electron chi connectivity index (χ4n) is 3.37. The van der Waals surface area contributed by atoms with E-state index in [4.69, 9.17) is 27.9 Å². The molecule has 148 valence electrons. The molecule has 2 aromatic rings. The Balaban J connectivity index is 1.68. The Hall–Kier alpha value is -2.04. The number of nitrogens with zero attached hydrogens (tertiary/aromatic N) is 1. The van der Waals surface area contributed by atoms with Crippen molar-refractivity contribution in [1.82, 2.24) is 0 Å². The van der Waals surface area contributed by atoms with Crippen LogP contribution in [0.4, 0.5) is 5.69 Å². The molecule has 1 aliphatic rings. The fourth-order valence-corrected chi connectivity index (χ4v) is 3.84. The number of anilines is 1. The van der Waals surface area contributed by atoms with Crippen LogP contribution >= 0.6 is 23.2 Å². The summed E-state index contributed by atoms with van der Waals surface area (Å²) < 4.78 is 5.42. The number of esters is 1. The number of benzene rings is 2. The molecule has 2 aromatic carbocycles. The van der Waals surface area contributed by atoms with Crippen molar-refractivity contribution in [3.05, 3.63) is 63.6 Å². The number of amides is 1. The van der Waals surface area contributed by atoms with Crippen LogP contribution < -0.4 is 4.90 Å². The molecule has 6 heteroatoms. The molecule has 0 saturated carbocycles. The summed E-state index contributed by atoms with van der Waals surface area (Å²) in [5.74, 6) is -0.587. The summed E-state index contributed by atoms with van der Waals surface area (Å²) in [6, 6.07) is 12.9. The molecule has 1 saturated heterocycles. The molecule has 2 atom stereocenters. The number of para-hydroxylation sites is 1. The summed E-state index contributed by atoms with van der Waals surface area (Å²) in [7, 11) is 0. The van der Waals surface area contributed by atoms with Crippen LogP contribution in [0.25, 0.3) is 0 Å². The van der Waals surface area contributed by atoms with Gasteiger partial charge in [0.15, 0.2) is 0 Å². The van der Waals surface area contributed by atoms with Crippen LogP contribution in [-0.2, 0) is 20.9 Å². The van der Waals surface area contributed by atoms with Crippen molar-refractivity contribution in [2.75, 3.05) is 11.4 Å². The van der Waals surface area contributed by atoms with Gasteiger partial charge in [-0.3, -0.25) is 9.59 Å².